The molecule has 0 saturated heterocycles. The monoisotopic (exact) mass is 461 g/mol. The van der Waals surface area contributed by atoms with E-state index in [-0.39, 0.29) is 24.0 Å². The summed E-state index contributed by atoms with van der Waals surface area (Å²) in [6.07, 6.45) is 7.44. The minimum absolute atomic E-state index is 0. The molecule has 0 aliphatic carbocycles. The molecule has 2 rings (SSSR count). The molecule has 7 heteroatoms. The lowest BCUT2D eigenvalue weighted by Crippen LogP contribution is -2.38. The Bertz CT molecular complexity index is 580. The molecule has 0 fully saturated rings. The number of halogens is 1. The highest BCUT2D eigenvalue weighted by molar-refractivity contribution is 14.0. The van der Waals surface area contributed by atoms with Crippen molar-refractivity contribution in [3.8, 4) is 0 Å². The van der Waals surface area contributed by atoms with E-state index in [4.69, 9.17) is 0 Å². The van der Waals surface area contributed by atoms with Crippen molar-refractivity contribution < 1.29 is 0 Å². The van der Waals surface area contributed by atoms with Crippen LogP contribution in [-0.4, -0.2) is 35.1 Å². The van der Waals surface area contributed by atoms with Gasteiger partial charge in [0.25, 0.3) is 0 Å². The maximum atomic E-state index is 4.64. The Morgan fingerprint density at radius 3 is 2.71 bits per heavy atom. The molecular weight excluding hydrogens is 433 g/mol. The molecule has 2 N–H and O–H groups in total. The summed E-state index contributed by atoms with van der Waals surface area (Å²) < 4.78 is 2.16. The second kappa shape index (κ2) is 12.3. The van der Waals surface area contributed by atoms with Crippen LogP contribution in [0.5, 0.6) is 0 Å². The fourth-order valence-corrected chi connectivity index (χ4v) is 3.08. The molecule has 0 atom stereocenters. The molecule has 134 valence electrons. The Hall–Kier alpha value is -1.09. The van der Waals surface area contributed by atoms with Gasteiger partial charge < -0.3 is 15.2 Å². The van der Waals surface area contributed by atoms with Crippen LogP contribution in [0.3, 0.4) is 0 Å². The highest BCUT2D eigenvalue weighted by atomic mass is 127. The van der Waals surface area contributed by atoms with E-state index in [1.165, 1.54) is 5.01 Å². The van der Waals surface area contributed by atoms with Crippen LogP contribution in [0, 0.1) is 6.92 Å². The molecule has 2 heterocycles. The van der Waals surface area contributed by atoms with Gasteiger partial charge in [-0.05, 0) is 45.2 Å². The lowest BCUT2D eigenvalue weighted by molar-refractivity contribution is 0.662. The number of guanidine groups is 1. The molecule has 5 nitrogen and oxygen atoms in total. The number of nitrogens with zero attached hydrogens (tertiary/aromatic N) is 3. The van der Waals surface area contributed by atoms with Crippen LogP contribution in [0.4, 0.5) is 0 Å². The zero-order valence-corrected chi connectivity index (χ0v) is 17.6. The maximum Gasteiger partial charge on any atom is 0.191 e. The minimum Gasteiger partial charge on any atom is -0.357 e. The zero-order chi connectivity index (χ0) is 16.3. The first-order chi connectivity index (χ1) is 11.3. The SMILES string of the molecule is CCNC(=NCCCCc1nc(C)cs1)NCCn1cccc1.I. The molecule has 0 radical (unpaired) electrons. The Balaban J connectivity index is 0.00000288. The van der Waals surface area contributed by atoms with Crippen LogP contribution in [0.15, 0.2) is 34.9 Å². The van der Waals surface area contributed by atoms with Crippen molar-refractivity contribution in [1.29, 1.82) is 0 Å². The van der Waals surface area contributed by atoms with Gasteiger partial charge in [0.05, 0.1) is 5.01 Å². The summed E-state index contributed by atoms with van der Waals surface area (Å²) in [5.74, 6) is 0.907. The van der Waals surface area contributed by atoms with Gasteiger partial charge >= 0.3 is 0 Å². The van der Waals surface area contributed by atoms with E-state index in [0.29, 0.717) is 0 Å². The van der Waals surface area contributed by atoms with Crippen molar-refractivity contribution >= 4 is 41.3 Å². The van der Waals surface area contributed by atoms with Crippen LogP contribution in [0.2, 0.25) is 0 Å². The number of hydrogen-bond donors (Lipinski definition) is 2. The fraction of sp³-hybridized carbons (Fsp3) is 0.529. The predicted octanol–water partition coefficient (Wildman–Crippen LogP) is 3.45. The number of hydrogen-bond acceptors (Lipinski definition) is 3. The van der Waals surface area contributed by atoms with Gasteiger partial charge in [-0.15, -0.1) is 35.3 Å². The normalized spacial score (nSPS) is 11.2. The molecule has 0 saturated carbocycles. The number of aryl methyl sites for hydroxylation is 2. The van der Waals surface area contributed by atoms with E-state index >= 15 is 0 Å². The lowest BCUT2D eigenvalue weighted by Gasteiger charge is -2.11. The molecule has 24 heavy (non-hydrogen) atoms. The fourth-order valence-electron chi connectivity index (χ4n) is 2.26. The van der Waals surface area contributed by atoms with Crippen LogP contribution in [0.1, 0.15) is 30.5 Å². The number of aliphatic imine (C=N–C) groups is 1. The highest BCUT2D eigenvalue weighted by Gasteiger charge is 1.99. The predicted molar refractivity (Wildman–Crippen MR) is 114 cm³/mol. The highest BCUT2D eigenvalue weighted by Crippen LogP contribution is 2.11. The Labute approximate surface area is 166 Å². The molecular formula is C17H28IN5S. The van der Waals surface area contributed by atoms with Crippen molar-refractivity contribution in [2.75, 3.05) is 19.6 Å². The second-order valence-corrected chi connectivity index (χ2v) is 6.39. The maximum absolute atomic E-state index is 4.64. The van der Waals surface area contributed by atoms with E-state index in [0.717, 1.165) is 57.1 Å². The summed E-state index contributed by atoms with van der Waals surface area (Å²) in [6.45, 7) is 7.69. The third-order valence-electron chi connectivity index (χ3n) is 3.41. The summed E-state index contributed by atoms with van der Waals surface area (Å²) >= 11 is 1.76. The van der Waals surface area contributed by atoms with Gasteiger partial charge in [0.1, 0.15) is 0 Å². The van der Waals surface area contributed by atoms with Crippen molar-refractivity contribution in [2.24, 2.45) is 4.99 Å². The van der Waals surface area contributed by atoms with Gasteiger partial charge in [0, 0.05) is 49.6 Å². The third kappa shape index (κ3) is 8.14. The Kier molecular flexibility index (Phi) is 10.7. The van der Waals surface area contributed by atoms with Gasteiger partial charge in [0.15, 0.2) is 5.96 Å². The summed E-state index contributed by atoms with van der Waals surface area (Å²) in [6, 6.07) is 4.09. The van der Waals surface area contributed by atoms with Crippen molar-refractivity contribution in [2.45, 2.75) is 39.7 Å². The summed E-state index contributed by atoms with van der Waals surface area (Å²) in [5, 5.41) is 10.0. The third-order valence-corrected chi connectivity index (χ3v) is 4.43. The van der Waals surface area contributed by atoms with Gasteiger partial charge in [-0.2, -0.15) is 0 Å². The lowest BCUT2D eigenvalue weighted by atomic mass is 10.2. The molecule has 0 aliphatic heterocycles. The van der Waals surface area contributed by atoms with Gasteiger partial charge in [-0.3, -0.25) is 4.99 Å². The van der Waals surface area contributed by atoms with Crippen molar-refractivity contribution in [3.05, 3.63) is 40.6 Å². The van der Waals surface area contributed by atoms with Gasteiger partial charge in [-0.1, -0.05) is 0 Å². The summed E-state index contributed by atoms with van der Waals surface area (Å²) in [5.41, 5.74) is 1.13. The van der Waals surface area contributed by atoms with E-state index in [2.05, 4.69) is 49.9 Å². The molecule has 2 aromatic rings. The Morgan fingerprint density at radius 1 is 1.25 bits per heavy atom. The van der Waals surface area contributed by atoms with E-state index in [1.807, 2.05) is 19.1 Å². The molecule has 0 unspecified atom stereocenters. The number of rotatable bonds is 9. The van der Waals surface area contributed by atoms with Crippen molar-refractivity contribution in [3.63, 3.8) is 0 Å². The average molecular weight is 461 g/mol. The summed E-state index contributed by atoms with van der Waals surface area (Å²) in [7, 11) is 0. The molecule has 0 amide bonds. The second-order valence-electron chi connectivity index (χ2n) is 5.45. The minimum atomic E-state index is 0. The smallest absolute Gasteiger partial charge is 0.191 e. The molecule has 2 aromatic heterocycles. The quantitative estimate of drug-likeness (QED) is 0.260. The van der Waals surface area contributed by atoms with Crippen LogP contribution in [-0.2, 0) is 13.0 Å². The van der Waals surface area contributed by atoms with Crippen molar-refractivity contribution in [1.82, 2.24) is 20.2 Å². The molecule has 0 bridgehead atoms. The van der Waals surface area contributed by atoms with Crippen LogP contribution < -0.4 is 10.6 Å². The zero-order valence-electron chi connectivity index (χ0n) is 14.5. The standard InChI is InChI=1S/C17H27N5S.HI/c1-3-18-17(20-10-13-22-11-6-7-12-22)19-9-5-4-8-16-21-15(2)14-23-16;/h6-7,11-12,14H,3-5,8-10,13H2,1-2H3,(H2,18,19,20);1H. The first-order valence-corrected chi connectivity index (χ1v) is 9.20. The first-order valence-electron chi connectivity index (χ1n) is 8.32. The number of unbranched alkanes of at least 4 members (excludes halogenated alkanes) is 1. The van der Waals surface area contributed by atoms with E-state index in [9.17, 15) is 0 Å². The topological polar surface area (TPSA) is 54.2 Å². The largest absolute Gasteiger partial charge is 0.357 e. The van der Waals surface area contributed by atoms with E-state index < -0.39 is 0 Å². The molecule has 0 aliphatic rings. The van der Waals surface area contributed by atoms with Gasteiger partial charge in [-0.25, -0.2) is 4.98 Å². The molecule has 0 spiro atoms. The molecule has 0 aromatic carbocycles. The number of nitrogens with one attached hydrogen (secondary N) is 2. The van der Waals surface area contributed by atoms with Crippen LogP contribution >= 0.6 is 35.3 Å². The Morgan fingerprint density at radius 2 is 2.04 bits per heavy atom. The average Bonchev–Trinajstić information content (AvgIpc) is 3.18. The number of aromatic nitrogens is 2. The summed E-state index contributed by atoms with van der Waals surface area (Å²) in [4.78, 5) is 9.13. The van der Waals surface area contributed by atoms with Gasteiger partial charge in [0.2, 0.25) is 0 Å². The first kappa shape index (κ1) is 21.0. The number of thiazole rings is 1. The van der Waals surface area contributed by atoms with E-state index in [1.54, 1.807) is 11.3 Å². The van der Waals surface area contributed by atoms with Crippen LogP contribution in [0.25, 0.3) is 0 Å².